The van der Waals surface area contributed by atoms with Gasteiger partial charge in [0.1, 0.15) is 60.4 Å². The number of carboxylic acids is 3. The van der Waals surface area contributed by atoms with Gasteiger partial charge in [0.2, 0.25) is 70.9 Å². The number of H-pyrrole nitrogens is 3. The lowest BCUT2D eigenvalue weighted by atomic mass is 10.0. The van der Waals surface area contributed by atoms with Crippen LogP contribution in [-0.2, 0) is 97.6 Å². The Morgan fingerprint density at radius 1 is 0.617 bits per heavy atom. The van der Waals surface area contributed by atoms with Crippen molar-refractivity contribution >= 4 is 106 Å². The van der Waals surface area contributed by atoms with Crippen LogP contribution in [0, 0.1) is 5.41 Å². The maximum Gasteiger partial charge on any atom is 0.317 e. The second-order valence-corrected chi connectivity index (χ2v) is 29.0. The average Bonchev–Trinajstić information content (AvgIpc) is 1.68. The summed E-state index contributed by atoms with van der Waals surface area (Å²) in [5.74, 6) is -13.4. The number of carbonyl (C=O) groups is 15. The normalized spacial score (nSPS) is 21.1. The Labute approximate surface area is 662 Å². The number of aliphatic carboxylic acids is 3. The van der Waals surface area contributed by atoms with E-state index in [9.17, 15) is 63.3 Å². The molecule has 0 bridgehead atoms. The zero-order valence-corrected chi connectivity index (χ0v) is 64.3. The van der Waals surface area contributed by atoms with Crippen molar-refractivity contribution in [2.24, 2.45) is 5.73 Å². The Morgan fingerprint density at radius 3 is 1.89 bits per heavy atom. The topological polar surface area (TPSA) is 582 Å². The van der Waals surface area contributed by atoms with Crippen molar-refractivity contribution in [3.05, 3.63) is 108 Å². The summed E-state index contributed by atoms with van der Waals surface area (Å²) in [4.78, 5) is 231. The summed E-state index contributed by atoms with van der Waals surface area (Å²) in [6, 6.07) is 1.11. The molecule has 3 aliphatic heterocycles. The number of hydrogen-bond acceptors (Lipinski definition) is 19. The number of rotatable bonds is 33. The summed E-state index contributed by atoms with van der Waals surface area (Å²) in [6.45, 7) is 2.07. The van der Waals surface area contributed by atoms with E-state index in [2.05, 4.69) is 83.4 Å². The van der Waals surface area contributed by atoms with E-state index >= 15 is 24.0 Å². The number of unbranched alkanes of at least 4 members (excludes halogenated alkanes) is 1. The Hall–Kier alpha value is -12.3. The highest BCUT2D eigenvalue weighted by Gasteiger charge is 2.45. The monoisotopic (exact) mass is 1600 g/mol. The zero-order chi connectivity index (χ0) is 83.1. The summed E-state index contributed by atoms with van der Waals surface area (Å²) in [5, 5.41) is 66.8. The second-order valence-electron chi connectivity index (χ2n) is 29.0. The Bertz CT molecular complexity index is 4180. The van der Waals surface area contributed by atoms with Gasteiger partial charge in [0, 0.05) is 107 Å². The van der Waals surface area contributed by atoms with Crippen LogP contribution in [0.15, 0.2) is 85.8 Å². The molecule has 2 aromatic carbocycles. The van der Waals surface area contributed by atoms with E-state index in [1.54, 1.807) is 67.7 Å². The zero-order valence-electron chi connectivity index (χ0n) is 64.3. The number of likely N-dealkylation sites (tertiary alicyclic amines) is 2. The van der Waals surface area contributed by atoms with Crippen molar-refractivity contribution in [1.82, 2.24) is 98.1 Å². The third kappa shape index (κ3) is 28.1. The van der Waals surface area contributed by atoms with Crippen LogP contribution >= 0.6 is 0 Å². The highest BCUT2D eigenvalue weighted by atomic mass is 16.4. The first-order chi connectivity index (χ1) is 55.1. The molecule has 0 spiro atoms. The molecule has 39 heteroatoms. The van der Waals surface area contributed by atoms with Crippen LogP contribution in [0.4, 0.5) is 0 Å². The van der Waals surface area contributed by atoms with Crippen LogP contribution in [-0.4, -0.2) is 262 Å². The molecule has 622 valence electrons. The van der Waals surface area contributed by atoms with Crippen LogP contribution in [0.25, 0.3) is 10.9 Å². The summed E-state index contributed by atoms with van der Waals surface area (Å²) in [6.07, 6.45) is 7.13. The molecule has 12 amide bonds. The number of fused-ring (bicyclic) bond motifs is 1. The Kier molecular flexibility index (Phi) is 33.9. The second kappa shape index (κ2) is 44.2. The minimum absolute atomic E-state index is 0.0188. The van der Waals surface area contributed by atoms with E-state index < -0.39 is 181 Å². The number of para-hydroxylation sites is 1. The molecule has 39 nitrogen and oxygen atoms in total. The van der Waals surface area contributed by atoms with Gasteiger partial charge in [0.25, 0.3) is 0 Å². The van der Waals surface area contributed by atoms with Gasteiger partial charge in [-0.05, 0) is 114 Å². The van der Waals surface area contributed by atoms with Crippen molar-refractivity contribution in [2.45, 2.75) is 209 Å². The van der Waals surface area contributed by atoms with Gasteiger partial charge in [-0.2, -0.15) is 0 Å². The minimum atomic E-state index is -1.59. The van der Waals surface area contributed by atoms with Crippen LogP contribution in [0.2, 0.25) is 0 Å². The van der Waals surface area contributed by atoms with Gasteiger partial charge in [0.15, 0.2) is 5.96 Å². The SMILES string of the molecule is CC(=O)N[C@H]1CCCCNC(=O)CC[C@@H](C(=O)N2CCC[C@H]2C(=O)N2CCC[C@H]2C(=O)N[C@@H](Cc2c[nH]cn2)C(=O)N[C@@H](CCC(=O)O)C(=O)N[C@H](C)CCCCN(CC(=O)O)CC(=O)O)NC(=O)[C@H](Cc2c[nH]c3ccccc23)NC(=O)[C@H](CCCNC(=N)N)NC(=O)[C@@H](Cc2ccccc2)NC(=O)[C@H](Cc2c[nH]cn2)NC1=O. The fourth-order valence-electron chi connectivity index (χ4n) is 14.3. The summed E-state index contributed by atoms with van der Waals surface area (Å²) >= 11 is 0. The Balaban J connectivity index is 1.06. The van der Waals surface area contributed by atoms with Crippen LogP contribution in [0.1, 0.15) is 139 Å². The third-order valence-corrected chi connectivity index (χ3v) is 20.1. The fraction of sp³-hybridized carbons (Fsp3) is 0.526. The first-order valence-electron chi connectivity index (χ1n) is 38.7. The van der Waals surface area contributed by atoms with Gasteiger partial charge in [-0.25, -0.2) is 9.97 Å². The van der Waals surface area contributed by atoms with Crippen LogP contribution in [0.3, 0.4) is 0 Å². The first-order valence-corrected chi connectivity index (χ1v) is 38.7. The van der Waals surface area contributed by atoms with Gasteiger partial charge in [-0.15, -0.1) is 0 Å². The number of imidazole rings is 2. The number of aromatic nitrogens is 5. The number of carboxylic acid groups (broad SMARTS) is 3. The van der Waals surface area contributed by atoms with Crippen LogP contribution in [0.5, 0.6) is 0 Å². The van der Waals surface area contributed by atoms with E-state index in [1.165, 1.54) is 46.7 Å². The standard InChI is InChI=1S/C76H105N21O18/c1-44(15-9-11-30-95(40-64(102)103)41-65(104)105)86-66(106)54(25-27-63(100)101)89-71(111)59(36-49-39-80-43-85-49)94-73(113)60-22-13-31-96(60)75(115)61-23-14-32-97(61)74(114)55-24-26-62(99)81-28-10-8-20-52(87-45(2)98)67(107)93-58(35-48-38-79-42-84-48)72(112)91-56(33-46-16-4-3-5-17-46)69(109)88-53(21-12-29-82-76(77)78)68(108)92-57(70(110)90-55)34-47-37-83-51-19-7-6-18-50(47)51/h3-7,16-19,37-39,42-44,52-61,83H,8-15,20-36,40-41H2,1-2H3,(H,79,84)(H,80,85)(H,81,99)(H,86,106)(H,87,98)(H,88,109)(H,89,111)(H,90,110)(H,91,112)(H,92,108)(H,93,107)(H,94,113)(H,100,101)(H,102,103)(H,104,105)(H4,77,78,82)/t44-,52+,53+,54+,55+,56-,57+,58+,59+,60+,61+/m1/s1. The lowest BCUT2D eigenvalue weighted by molar-refractivity contribution is -0.148. The van der Waals surface area contributed by atoms with Crippen molar-refractivity contribution in [2.75, 3.05) is 45.8 Å². The largest absolute Gasteiger partial charge is 0.481 e. The molecule has 115 heavy (non-hydrogen) atoms. The number of hydrogen-bond donors (Lipinski definition) is 19. The molecular weight excluding hydrogens is 1490 g/mol. The molecule has 0 unspecified atom stereocenters. The predicted molar refractivity (Wildman–Crippen MR) is 413 cm³/mol. The summed E-state index contributed by atoms with van der Waals surface area (Å²) in [7, 11) is 0. The number of nitrogens with two attached hydrogens (primary N) is 1. The molecule has 5 aromatic rings. The predicted octanol–water partition coefficient (Wildman–Crippen LogP) is -1.88. The van der Waals surface area contributed by atoms with E-state index in [4.69, 9.17) is 11.1 Å². The molecule has 3 fully saturated rings. The maximum atomic E-state index is 15.6. The molecule has 6 heterocycles. The quantitative estimate of drug-likeness (QED) is 0.0124. The average molecular weight is 1600 g/mol. The highest BCUT2D eigenvalue weighted by Crippen LogP contribution is 2.28. The van der Waals surface area contributed by atoms with Crippen LogP contribution < -0.4 is 64.2 Å². The van der Waals surface area contributed by atoms with Gasteiger partial charge < -0.3 is 104 Å². The molecule has 3 saturated heterocycles. The van der Waals surface area contributed by atoms with Crippen molar-refractivity contribution in [3.63, 3.8) is 0 Å². The number of nitrogens with one attached hydrogen (secondary N) is 15. The molecular formula is C76H105N21O18. The maximum absolute atomic E-state index is 15.6. The van der Waals surface area contributed by atoms with Crippen molar-refractivity contribution < 1.29 is 87.2 Å². The van der Waals surface area contributed by atoms with E-state index in [0.717, 1.165) is 0 Å². The number of amides is 12. The molecule has 8 rings (SSSR count). The first kappa shape index (κ1) is 88.2. The molecule has 20 N–H and O–H groups in total. The Morgan fingerprint density at radius 2 is 1.23 bits per heavy atom. The lowest BCUT2D eigenvalue weighted by Gasteiger charge is -2.34. The van der Waals surface area contributed by atoms with E-state index in [0.29, 0.717) is 59.1 Å². The van der Waals surface area contributed by atoms with Crippen molar-refractivity contribution in [1.29, 1.82) is 5.41 Å². The summed E-state index contributed by atoms with van der Waals surface area (Å²) < 4.78 is 0. The number of benzene rings is 2. The van der Waals surface area contributed by atoms with Gasteiger partial charge in [-0.3, -0.25) is 82.2 Å². The van der Waals surface area contributed by atoms with E-state index in [-0.39, 0.29) is 129 Å². The molecule has 0 saturated carbocycles. The molecule has 3 aliphatic rings. The van der Waals surface area contributed by atoms with E-state index in [1.807, 2.05) is 0 Å². The fourth-order valence-corrected chi connectivity index (χ4v) is 14.3. The number of guanidine groups is 1. The number of carbonyl (C=O) groups excluding carboxylic acids is 12. The highest BCUT2D eigenvalue weighted by molar-refractivity contribution is 6.00. The summed E-state index contributed by atoms with van der Waals surface area (Å²) in [5.41, 5.74) is 8.07. The van der Waals surface area contributed by atoms with Gasteiger partial charge in [-0.1, -0.05) is 55.0 Å². The molecule has 3 aromatic heterocycles. The van der Waals surface area contributed by atoms with Crippen molar-refractivity contribution in [3.8, 4) is 0 Å². The third-order valence-electron chi connectivity index (χ3n) is 20.1. The molecule has 0 aliphatic carbocycles. The molecule has 11 atom stereocenters. The van der Waals surface area contributed by atoms with Gasteiger partial charge >= 0.3 is 17.9 Å². The smallest absolute Gasteiger partial charge is 0.317 e. The minimum Gasteiger partial charge on any atom is -0.481 e. The number of aromatic amines is 3. The van der Waals surface area contributed by atoms with Gasteiger partial charge in [0.05, 0.1) is 37.1 Å². The number of nitrogens with zero attached hydrogens (tertiary/aromatic N) is 5. The molecule has 0 radical (unpaired) electrons. The lowest BCUT2D eigenvalue weighted by Crippen LogP contribution is -2.61.